The van der Waals surface area contributed by atoms with Gasteiger partial charge in [-0.3, -0.25) is 0 Å². The number of benzene rings is 1. The van der Waals surface area contributed by atoms with Crippen LogP contribution in [0, 0.1) is 0 Å². The summed E-state index contributed by atoms with van der Waals surface area (Å²) in [5.74, 6) is -0.492. The molecule has 0 aliphatic carbocycles. The average molecular weight is 638 g/mol. The fourth-order valence-corrected chi connectivity index (χ4v) is 4.08. The molecule has 0 heterocycles. The van der Waals surface area contributed by atoms with E-state index in [2.05, 4.69) is 86.2 Å². The van der Waals surface area contributed by atoms with Gasteiger partial charge in [0.05, 0.1) is 0 Å². The summed E-state index contributed by atoms with van der Waals surface area (Å²) in [6.45, 7) is 3.35. The number of esters is 1. The van der Waals surface area contributed by atoms with E-state index in [9.17, 15) is 4.79 Å². The summed E-state index contributed by atoms with van der Waals surface area (Å²) in [5.41, 5.74) is 0.780. The van der Waals surface area contributed by atoms with Crippen LogP contribution in [-0.2, 0) is 9.53 Å². The molecule has 0 fully saturated rings. The Labute approximate surface area is 157 Å². The first kappa shape index (κ1) is 19.3. The van der Waals surface area contributed by atoms with Gasteiger partial charge in [0.15, 0.2) is 5.01 Å². The molecule has 0 amide bonds. The molecule has 1 unspecified atom stereocenters. The van der Waals surface area contributed by atoms with Crippen LogP contribution < -0.4 is 0 Å². The van der Waals surface area contributed by atoms with Crippen LogP contribution in [0.15, 0.2) is 36.6 Å². The highest BCUT2D eigenvalue weighted by Crippen LogP contribution is 2.43. The lowest BCUT2D eigenvalue weighted by atomic mass is 10.2. The van der Waals surface area contributed by atoms with Crippen molar-refractivity contribution < 1.29 is 9.53 Å². The van der Waals surface area contributed by atoms with E-state index >= 15 is 0 Å². The van der Waals surface area contributed by atoms with E-state index in [1.165, 1.54) is 0 Å². The highest BCUT2D eigenvalue weighted by molar-refractivity contribution is 9.15. The number of halogens is 6. The SMILES string of the molecule is Br.C=CC(=O)OC(Br)c1cc(Br)c(Br)c(Br)c1Br. The van der Waals surface area contributed by atoms with Crippen LogP contribution in [0.4, 0.5) is 0 Å². The number of carbonyl (C=O) groups is 1. The highest BCUT2D eigenvalue weighted by atomic mass is 79.9. The Hall–Kier alpha value is 1.31. The largest absolute Gasteiger partial charge is 0.443 e. The Morgan fingerprint density at radius 1 is 1.22 bits per heavy atom. The maximum Gasteiger partial charge on any atom is 0.331 e. The minimum Gasteiger partial charge on any atom is -0.443 e. The predicted molar refractivity (Wildman–Crippen MR) is 95.5 cm³/mol. The molecule has 1 atom stereocenters. The fourth-order valence-electron chi connectivity index (χ4n) is 0.970. The van der Waals surface area contributed by atoms with Gasteiger partial charge in [-0.2, -0.15) is 0 Å². The molecule has 0 bridgehead atoms. The van der Waals surface area contributed by atoms with Gasteiger partial charge < -0.3 is 4.74 Å². The Balaban J connectivity index is 0.00000289. The van der Waals surface area contributed by atoms with Crippen LogP contribution in [-0.4, -0.2) is 5.97 Å². The van der Waals surface area contributed by atoms with Gasteiger partial charge in [-0.15, -0.1) is 17.0 Å². The summed E-state index contributed by atoms with van der Waals surface area (Å²) >= 11 is 17.0. The lowest BCUT2D eigenvalue weighted by molar-refractivity contribution is -0.139. The molecule has 0 radical (unpaired) electrons. The third-order valence-corrected chi connectivity index (χ3v) is 7.13. The molecule has 1 rings (SSSR count). The maximum atomic E-state index is 11.1. The van der Waals surface area contributed by atoms with Crippen molar-refractivity contribution in [1.29, 1.82) is 0 Å². The first-order valence-corrected chi connectivity index (χ1v) is 8.27. The molecule has 100 valence electrons. The molecule has 0 saturated carbocycles. The van der Waals surface area contributed by atoms with E-state index < -0.39 is 11.0 Å². The molecule has 0 aliphatic heterocycles. The van der Waals surface area contributed by atoms with Gasteiger partial charge in [0.25, 0.3) is 0 Å². The van der Waals surface area contributed by atoms with Crippen molar-refractivity contribution in [3.8, 4) is 0 Å². The summed E-state index contributed by atoms with van der Waals surface area (Å²) in [4.78, 5) is 11.1. The molecule has 1 aromatic rings. The Morgan fingerprint density at radius 3 is 2.28 bits per heavy atom. The second-order valence-electron chi connectivity index (χ2n) is 2.85. The summed E-state index contributed by atoms with van der Waals surface area (Å²) in [5, 5.41) is -0.553. The minimum absolute atomic E-state index is 0. The third-order valence-electron chi connectivity index (χ3n) is 1.76. The van der Waals surface area contributed by atoms with Gasteiger partial charge in [0.1, 0.15) is 0 Å². The first-order valence-electron chi connectivity index (χ1n) is 4.18. The molecule has 0 saturated heterocycles. The molecule has 0 N–H and O–H groups in total. The van der Waals surface area contributed by atoms with Crippen molar-refractivity contribution in [1.82, 2.24) is 0 Å². The van der Waals surface area contributed by atoms with Crippen molar-refractivity contribution in [2.75, 3.05) is 0 Å². The summed E-state index contributed by atoms with van der Waals surface area (Å²) in [6, 6.07) is 1.84. The maximum absolute atomic E-state index is 11.1. The first-order chi connectivity index (χ1) is 7.88. The molecule has 1 aromatic carbocycles. The van der Waals surface area contributed by atoms with Gasteiger partial charge in [0, 0.05) is 29.5 Å². The summed E-state index contributed by atoms with van der Waals surface area (Å²) < 4.78 is 8.45. The summed E-state index contributed by atoms with van der Waals surface area (Å²) in [6.07, 6.45) is 1.12. The smallest absolute Gasteiger partial charge is 0.331 e. The quantitative estimate of drug-likeness (QED) is 0.126. The third kappa shape index (κ3) is 4.70. The summed E-state index contributed by atoms with van der Waals surface area (Å²) in [7, 11) is 0. The van der Waals surface area contributed by atoms with Crippen LogP contribution in [0.25, 0.3) is 0 Å². The van der Waals surface area contributed by atoms with Gasteiger partial charge in [-0.05, 0) is 85.7 Å². The van der Waals surface area contributed by atoms with Crippen LogP contribution >= 0.6 is 96.6 Å². The van der Waals surface area contributed by atoms with Crippen molar-refractivity contribution in [2.24, 2.45) is 0 Å². The van der Waals surface area contributed by atoms with E-state index in [4.69, 9.17) is 4.74 Å². The number of carbonyl (C=O) groups excluding carboxylic acids is 1. The van der Waals surface area contributed by atoms with Gasteiger partial charge in [-0.1, -0.05) is 6.58 Å². The van der Waals surface area contributed by atoms with Crippen molar-refractivity contribution >= 4 is 103 Å². The molecule has 0 aromatic heterocycles. The molecule has 0 aliphatic rings. The van der Waals surface area contributed by atoms with Crippen molar-refractivity contribution in [3.05, 3.63) is 42.2 Å². The number of ether oxygens (including phenoxy) is 1. The lowest BCUT2D eigenvalue weighted by Gasteiger charge is -2.15. The Bertz CT molecular complexity index is 474. The lowest BCUT2D eigenvalue weighted by Crippen LogP contribution is -2.04. The van der Waals surface area contributed by atoms with E-state index in [1.807, 2.05) is 6.07 Å². The fraction of sp³-hybridized carbons (Fsp3) is 0.100. The molecule has 2 nitrogen and oxygen atoms in total. The standard InChI is InChI=1S/C10H5Br5O2.BrH/c1-2-6(16)17-10(15)4-3-5(11)8(13)9(14)7(4)12;/h2-3,10H,1H2;1H. The number of hydrogen-bond donors (Lipinski definition) is 0. The van der Waals surface area contributed by atoms with E-state index in [0.717, 1.165) is 29.5 Å². The van der Waals surface area contributed by atoms with E-state index in [-0.39, 0.29) is 17.0 Å². The highest BCUT2D eigenvalue weighted by Gasteiger charge is 2.19. The second-order valence-corrected chi connectivity index (χ2v) is 6.91. The van der Waals surface area contributed by atoms with Crippen LogP contribution in [0.1, 0.15) is 10.6 Å². The zero-order valence-electron chi connectivity index (χ0n) is 8.55. The van der Waals surface area contributed by atoms with Crippen LogP contribution in [0.5, 0.6) is 0 Å². The number of alkyl halides is 1. The van der Waals surface area contributed by atoms with Gasteiger partial charge in [-0.25, -0.2) is 4.79 Å². The predicted octanol–water partition coefficient (Wildman–Crippen LogP) is 6.44. The number of hydrogen-bond acceptors (Lipinski definition) is 2. The topological polar surface area (TPSA) is 26.3 Å². The normalized spacial score (nSPS) is 11.4. The van der Waals surface area contributed by atoms with Crippen molar-refractivity contribution in [3.63, 3.8) is 0 Å². The number of rotatable bonds is 3. The minimum atomic E-state index is -0.553. The Morgan fingerprint density at radius 2 is 1.78 bits per heavy atom. The average Bonchev–Trinajstić information content (AvgIpc) is 2.30. The van der Waals surface area contributed by atoms with E-state index in [0.29, 0.717) is 0 Å². The molecule has 18 heavy (non-hydrogen) atoms. The second kappa shape index (κ2) is 8.56. The van der Waals surface area contributed by atoms with Crippen LogP contribution in [0.2, 0.25) is 0 Å². The van der Waals surface area contributed by atoms with E-state index in [1.54, 1.807) is 0 Å². The Kier molecular flexibility index (Phi) is 9.19. The molecular weight excluding hydrogens is 632 g/mol. The molecule has 8 heteroatoms. The van der Waals surface area contributed by atoms with Crippen molar-refractivity contribution in [2.45, 2.75) is 5.01 Å². The van der Waals surface area contributed by atoms with Gasteiger partial charge in [0.2, 0.25) is 0 Å². The van der Waals surface area contributed by atoms with Crippen LogP contribution in [0.3, 0.4) is 0 Å². The molecular formula is C10H6Br6O2. The zero-order valence-corrected chi connectivity index (χ0v) is 18.2. The van der Waals surface area contributed by atoms with Gasteiger partial charge >= 0.3 is 5.97 Å². The zero-order chi connectivity index (χ0) is 13.2. The monoisotopic (exact) mass is 632 g/mol. The molecule has 0 spiro atoms.